The number of benzene rings is 1. The van der Waals surface area contributed by atoms with Crippen molar-refractivity contribution in [1.29, 1.82) is 0 Å². The molecule has 0 bridgehead atoms. The molecule has 1 aliphatic heterocycles. The van der Waals surface area contributed by atoms with Gasteiger partial charge < -0.3 is 11.1 Å². The van der Waals surface area contributed by atoms with Crippen LogP contribution in [0.2, 0.25) is 0 Å². The molecule has 2 heterocycles. The highest BCUT2D eigenvalue weighted by molar-refractivity contribution is 9.10. The number of nitrogens with one attached hydrogen (secondary N) is 1. The fraction of sp³-hybridized carbons (Fsp3) is 0.154. The summed E-state index contributed by atoms with van der Waals surface area (Å²) in [5.74, 6) is -0.950. The number of hydrogen-bond acceptors (Lipinski definition) is 3. The molecule has 0 saturated heterocycles. The number of hydrogen-bond donors (Lipinski definition) is 2. The van der Waals surface area contributed by atoms with Crippen molar-refractivity contribution in [2.24, 2.45) is 5.73 Å². The van der Waals surface area contributed by atoms with Crippen LogP contribution in [-0.2, 0) is 5.54 Å². The normalized spacial score (nSPS) is 21.1. The molecular weight excluding hydrogens is 330 g/mol. The van der Waals surface area contributed by atoms with E-state index >= 15 is 0 Å². The van der Waals surface area contributed by atoms with E-state index in [1.807, 2.05) is 0 Å². The van der Waals surface area contributed by atoms with Crippen LogP contribution in [0, 0.1) is 11.6 Å². The second-order valence-electron chi connectivity index (χ2n) is 4.74. The van der Waals surface area contributed by atoms with Gasteiger partial charge in [0.1, 0.15) is 23.0 Å². The van der Waals surface area contributed by atoms with Gasteiger partial charge in [0, 0.05) is 17.8 Å². The van der Waals surface area contributed by atoms with Crippen molar-refractivity contribution < 1.29 is 8.78 Å². The minimum absolute atomic E-state index is 0.191. The van der Waals surface area contributed by atoms with E-state index in [9.17, 15) is 8.78 Å². The summed E-state index contributed by atoms with van der Waals surface area (Å²) < 4.78 is 29.4. The lowest BCUT2D eigenvalue weighted by Crippen LogP contribution is -2.46. The van der Waals surface area contributed by atoms with Crippen LogP contribution in [0.25, 0.3) is 6.20 Å². The molecule has 1 aliphatic rings. The molecule has 3 N–H and O–H groups in total. The van der Waals surface area contributed by atoms with Crippen LogP contribution < -0.4 is 11.1 Å². The highest BCUT2D eigenvalue weighted by Gasteiger charge is 2.37. The molecule has 1 atom stereocenters. The molecule has 0 amide bonds. The molecular formula is C13H11BrF2N4. The highest BCUT2D eigenvalue weighted by Crippen LogP contribution is 2.36. The van der Waals surface area contributed by atoms with Gasteiger partial charge in [-0.2, -0.15) is 5.10 Å². The summed E-state index contributed by atoms with van der Waals surface area (Å²) in [6.07, 6.45) is 3.20. The maximum atomic E-state index is 14.2. The summed E-state index contributed by atoms with van der Waals surface area (Å²) in [5, 5.41) is 7.14. The maximum absolute atomic E-state index is 14.2. The van der Waals surface area contributed by atoms with E-state index in [0.29, 0.717) is 11.5 Å². The molecule has 2 aromatic rings. The molecule has 3 rings (SSSR count). The first kappa shape index (κ1) is 13.1. The predicted molar refractivity (Wildman–Crippen MR) is 74.3 cm³/mol. The standard InChI is InChI=1S/C13H11BrF2N4/c1-13(7-4-8(14)10(16)5-9(7)15)11-2-3-18-20(11)6-12(17)19-13/h2-6,19H,17H2,1H3. The minimum Gasteiger partial charge on any atom is -0.384 e. The third-order valence-electron chi connectivity index (χ3n) is 3.39. The van der Waals surface area contributed by atoms with Crippen LogP contribution in [0.5, 0.6) is 0 Å². The SMILES string of the molecule is CC1(c2cc(Br)c(F)cc2F)NC(N)=Cn2nccc21. The topological polar surface area (TPSA) is 55.9 Å². The summed E-state index contributed by atoms with van der Waals surface area (Å²) in [4.78, 5) is 0. The molecule has 0 saturated carbocycles. The Labute approximate surface area is 122 Å². The molecule has 1 aromatic heterocycles. The van der Waals surface area contributed by atoms with Crippen LogP contribution in [0.4, 0.5) is 8.78 Å². The lowest BCUT2D eigenvalue weighted by Gasteiger charge is -2.35. The Balaban J connectivity index is 2.24. The number of nitrogens with two attached hydrogens (primary N) is 1. The second-order valence-corrected chi connectivity index (χ2v) is 5.60. The average Bonchev–Trinajstić information content (AvgIpc) is 2.82. The quantitative estimate of drug-likeness (QED) is 0.784. The van der Waals surface area contributed by atoms with E-state index in [4.69, 9.17) is 5.73 Å². The van der Waals surface area contributed by atoms with E-state index in [1.165, 1.54) is 6.07 Å². The van der Waals surface area contributed by atoms with Gasteiger partial charge in [0.25, 0.3) is 0 Å². The van der Waals surface area contributed by atoms with Crippen molar-refractivity contribution in [3.63, 3.8) is 0 Å². The first-order chi connectivity index (χ1) is 9.41. The van der Waals surface area contributed by atoms with Gasteiger partial charge in [-0.15, -0.1) is 0 Å². The summed E-state index contributed by atoms with van der Waals surface area (Å²) in [6, 6.07) is 4.02. The van der Waals surface area contributed by atoms with Crippen molar-refractivity contribution >= 4 is 22.1 Å². The van der Waals surface area contributed by atoms with Crippen molar-refractivity contribution in [3.05, 3.63) is 57.6 Å². The molecule has 0 radical (unpaired) electrons. The fourth-order valence-corrected chi connectivity index (χ4v) is 2.78. The molecule has 104 valence electrons. The predicted octanol–water partition coefficient (Wildman–Crippen LogP) is 2.51. The fourth-order valence-electron chi connectivity index (χ4n) is 2.44. The van der Waals surface area contributed by atoms with Gasteiger partial charge in [0.05, 0.1) is 16.4 Å². The molecule has 0 aliphatic carbocycles. The van der Waals surface area contributed by atoms with E-state index in [0.717, 1.165) is 6.07 Å². The Bertz CT molecular complexity index is 725. The van der Waals surface area contributed by atoms with Gasteiger partial charge in [-0.3, -0.25) is 0 Å². The second kappa shape index (κ2) is 4.31. The summed E-state index contributed by atoms with van der Waals surface area (Å²) in [6.45, 7) is 1.77. The minimum atomic E-state index is -0.935. The molecule has 4 nitrogen and oxygen atoms in total. The zero-order valence-electron chi connectivity index (χ0n) is 10.5. The number of fused-ring (bicyclic) bond motifs is 1. The van der Waals surface area contributed by atoms with Gasteiger partial charge in [-0.25, -0.2) is 13.5 Å². The Morgan fingerprint density at radius 1 is 1.35 bits per heavy atom. The van der Waals surface area contributed by atoms with Crippen LogP contribution in [-0.4, -0.2) is 9.78 Å². The average molecular weight is 341 g/mol. The Kier molecular flexibility index (Phi) is 2.82. The van der Waals surface area contributed by atoms with Crippen molar-refractivity contribution in [2.75, 3.05) is 0 Å². The zero-order chi connectivity index (χ0) is 14.5. The molecule has 1 aromatic carbocycles. The molecule has 0 fully saturated rings. The van der Waals surface area contributed by atoms with Gasteiger partial charge in [-0.05, 0) is 35.0 Å². The Morgan fingerprint density at radius 2 is 2.10 bits per heavy atom. The summed E-state index contributed by atoms with van der Waals surface area (Å²) in [7, 11) is 0. The lowest BCUT2D eigenvalue weighted by atomic mass is 9.87. The summed E-state index contributed by atoms with van der Waals surface area (Å²) >= 11 is 3.08. The van der Waals surface area contributed by atoms with Crippen LogP contribution in [0.1, 0.15) is 18.2 Å². The zero-order valence-corrected chi connectivity index (χ0v) is 12.1. The molecule has 20 heavy (non-hydrogen) atoms. The van der Waals surface area contributed by atoms with E-state index in [-0.39, 0.29) is 10.0 Å². The maximum Gasteiger partial charge on any atom is 0.140 e. The van der Waals surface area contributed by atoms with Gasteiger partial charge in [0.2, 0.25) is 0 Å². The smallest absolute Gasteiger partial charge is 0.140 e. The van der Waals surface area contributed by atoms with E-state index in [1.54, 1.807) is 30.1 Å². The molecule has 7 heteroatoms. The number of aromatic nitrogens is 2. The number of nitrogens with zero attached hydrogens (tertiary/aromatic N) is 2. The highest BCUT2D eigenvalue weighted by atomic mass is 79.9. The Hall–Kier alpha value is -1.89. The van der Waals surface area contributed by atoms with Gasteiger partial charge in [0.15, 0.2) is 0 Å². The largest absolute Gasteiger partial charge is 0.384 e. The van der Waals surface area contributed by atoms with Crippen molar-refractivity contribution in [3.8, 4) is 0 Å². The van der Waals surface area contributed by atoms with E-state index in [2.05, 4.69) is 26.3 Å². The number of rotatable bonds is 1. The van der Waals surface area contributed by atoms with Crippen LogP contribution >= 0.6 is 15.9 Å². The van der Waals surface area contributed by atoms with Crippen LogP contribution in [0.3, 0.4) is 0 Å². The van der Waals surface area contributed by atoms with E-state index < -0.39 is 17.2 Å². The third-order valence-corrected chi connectivity index (χ3v) is 3.99. The first-order valence-corrected chi connectivity index (χ1v) is 6.65. The lowest BCUT2D eigenvalue weighted by molar-refractivity contribution is 0.420. The first-order valence-electron chi connectivity index (χ1n) is 5.86. The number of halogens is 3. The monoisotopic (exact) mass is 340 g/mol. The van der Waals surface area contributed by atoms with Crippen LogP contribution in [0.15, 0.2) is 34.7 Å². The summed E-state index contributed by atoms with van der Waals surface area (Å²) in [5.41, 5.74) is 5.88. The van der Waals surface area contributed by atoms with Crippen molar-refractivity contribution in [1.82, 2.24) is 15.1 Å². The molecule has 1 unspecified atom stereocenters. The third kappa shape index (κ3) is 1.81. The van der Waals surface area contributed by atoms with Gasteiger partial charge in [-0.1, -0.05) is 0 Å². The van der Waals surface area contributed by atoms with Gasteiger partial charge >= 0.3 is 0 Å². The van der Waals surface area contributed by atoms with Crippen molar-refractivity contribution in [2.45, 2.75) is 12.5 Å². The molecule has 0 spiro atoms. The Morgan fingerprint density at radius 3 is 2.85 bits per heavy atom.